The van der Waals surface area contributed by atoms with E-state index in [0.717, 1.165) is 31.5 Å². The maximum absolute atomic E-state index is 13.2. The van der Waals surface area contributed by atoms with E-state index in [1.807, 2.05) is 6.07 Å². The van der Waals surface area contributed by atoms with Gasteiger partial charge in [0.25, 0.3) is 0 Å². The maximum atomic E-state index is 13.2. The fourth-order valence-corrected chi connectivity index (χ4v) is 2.57. The molecule has 0 aromatic heterocycles. The summed E-state index contributed by atoms with van der Waals surface area (Å²) in [6, 6.07) is 7.15. The SMILES string of the molecule is CCCN1CCC(N)C1c1cccc(F)c1. The third-order valence-corrected chi connectivity index (χ3v) is 3.25. The molecular weight excluding hydrogens is 203 g/mol. The Morgan fingerprint density at radius 1 is 1.50 bits per heavy atom. The molecule has 88 valence electrons. The van der Waals surface area contributed by atoms with Gasteiger partial charge in [-0.3, -0.25) is 4.90 Å². The van der Waals surface area contributed by atoms with Crippen LogP contribution in [0.15, 0.2) is 24.3 Å². The van der Waals surface area contributed by atoms with Gasteiger partial charge < -0.3 is 5.73 Å². The Morgan fingerprint density at radius 3 is 3.00 bits per heavy atom. The predicted molar refractivity (Wildman–Crippen MR) is 63.6 cm³/mol. The lowest BCUT2D eigenvalue weighted by Crippen LogP contribution is -2.32. The number of halogens is 1. The van der Waals surface area contributed by atoms with Crippen molar-refractivity contribution in [2.24, 2.45) is 5.73 Å². The number of likely N-dealkylation sites (tertiary alicyclic amines) is 1. The maximum Gasteiger partial charge on any atom is 0.123 e. The summed E-state index contributed by atoms with van der Waals surface area (Å²) < 4.78 is 13.2. The molecule has 1 aromatic rings. The summed E-state index contributed by atoms with van der Waals surface area (Å²) in [7, 11) is 0. The van der Waals surface area contributed by atoms with E-state index in [9.17, 15) is 4.39 Å². The minimum Gasteiger partial charge on any atom is -0.326 e. The largest absolute Gasteiger partial charge is 0.326 e. The van der Waals surface area contributed by atoms with Crippen molar-refractivity contribution in [2.45, 2.75) is 31.8 Å². The van der Waals surface area contributed by atoms with Crippen LogP contribution in [-0.2, 0) is 0 Å². The molecule has 0 bridgehead atoms. The lowest BCUT2D eigenvalue weighted by molar-refractivity contribution is 0.248. The molecule has 0 saturated carbocycles. The molecule has 2 N–H and O–H groups in total. The monoisotopic (exact) mass is 222 g/mol. The lowest BCUT2D eigenvalue weighted by atomic mass is 10.0. The van der Waals surface area contributed by atoms with Crippen LogP contribution in [0.4, 0.5) is 4.39 Å². The van der Waals surface area contributed by atoms with Crippen LogP contribution in [0.2, 0.25) is 0 Å². The van der Waals surface area contributed by atoms with Gasteiger partial charge in [-0.05, 0) is 37.1 Å². The van der Waals surface area contributed by atoms with E-state index in [4.69, 9.17) is 5.73 Å². The van der Waals surface area contributed by atoms with E-state index >= 15 is 0 Å². The molecule has 2 nitrogen and oxygen atoms in total. The van der Waals surface area contributed by atoms with Crippen LogP contribution in [0.5, 0.6) is 0 Å². The summed E-state index contributed by atoms with van der Waals surface area (Å²) in [6.07, 6.45) is 2.11. The Morgan fingerprint density at radius 2 is 2.31 bits per heavy atom. The van der Waals surface area contributed by atoms with Gasteiger partial charge in [-0.1, -0.05) is 19.1 Å². The second-order valence-corrected chi connectivity index (χ2v) is 4.49. The molecule has 1 aliphatic rings. The number of rotatable bonds is 3. The molecular formula is C13H19FN2. The van der Waals surface area contributed by atoms with Gasteiger partial charge in [0, 0.05) is 12.6 Å². The van der Waals surface area contributed by atoms with Gasteiger partial charge in [0.1, 0.15) is 5.82 Å². The molecule has 1 fully saturated rings. The normalized spacial score (nSPS) is 26.2. The molecule has 0 aliphatic carbocycles. The average Bonchev–Trinajstić information content (AvgIpc) is 2.60. The van der Waals surface area contributed by atoms with Gasteiger partial charge in [-0.2, -0.15) is 0 Å². The van der Waals surface area contributed by atoms with Crippen molar-refractivity contribution in [2.75, 3.05) is 13.1 Å². The van der Waals surface area contributed by atoms with E-state index in [2.05, 4.69) is 11.8 Å². The molecule has 0 spiro atoms. The van der Waals surface area contributed by atoms with Crippen molar-refractivity contribution in [1.29, 1.82) is 0 Å². The number of hydrogen-bond donors (Lipinski definition) is 1. The molecule has 16 heavy (non-hydrogen) atoms. The van der Waals surface area contributed by atoms with Crippen LogP contribution in [0.25, 0.3) is 0 Å². The predicted octanol–water partition coefficient (Wildman–Crippen LogP) is 2.31. The van der Waals surface area contributed by atoms with Gasteiger partial charge in [-0.15, -0.1) is 0 Å². The summed E-state index contributed by atoms with van der Waals surface area (Å²) in [5.41, 5.74) is 7.13. The fourth-order valence-electron chi connectivity index (χ4n) is 2.57. The van der Waals surface area contributed by atoms with Gasteiger partial charge >= 0.3 is 0 Å². The summed E-state index contributed by atoms with van der Waals surface area (Å²) >= 11 is 0. The number of benzene rings is 1. The summed E-state index contributed by atoms with van der Waals surface area (Å²) in [5, 5.41) is 0. The number of nitrogens with two attached hydrogens (primary N) is 1. The Bertz CT molecular complexity index is 352. The molecule has 2 rings (SSSR count). The van der Waals surface area contributed by atoms with Crippen molar-refractivity contribution in [3.8, 4) is 0 Å². The first kappa shape index (κ1) is 11.6. The van der Waals surface area contributed by atoms with Crippen molar-refractivity contribution in [3.05, 3.63) is 35.6 Å². The number of hydrogen-bond acceptors (Lipinski definition) is 2. The minimum atomic E-state index is -0.173. The molecule has 1 heterocycles. The second kappa shape index (κ2) is 4.93. The van der Waals surface area contributed by atoms with Crippen molar-refractivity contribution in [3.63, 3.8) is 0 Å². The van der Waals surface area contributed by atoms with Crippen LogP contribution in [0, 0.1) is 5.82 Å². The molecule has 2 unspecified atom stereocenters. The highest BCUT2D eigenvalue weighted by molar-refractivity contribution is 5.23. The van der Waals surface area contributed by atoms with Crippen molar-refractivity contribution < 1.29 is 4.39 Å². The topological polar surface area (TPSA) is 29.3 Å². The highest BCUT2D eigenvalue weighted by Crippen LogP contribution is 2.31. The fraction of sp³-hybridized carbons (Fsp3) is 0.538. The molecule has 0 amide bonds. The average molecular weight is 222 g/mol. The molecule has 3 heteroatoms. The Hall–Kier alpha value is -0.930. The van der Waals surface area contributed by atoms with Gasteiger partial charge in [0.05, 0.1) is 6.04 Å². The minimum absolute atomic E-state index is 0.133. The third kappa shape index (κ3) is 2.25. The van der Waals surface area contributed by atoms with E-state index in [1.54, 1.807) is 12.1 Å². The van der Waals surface area contributed by atoms with Crippen LogP contribution in [0.3, 0.4) is 0 Å². The smallest absolute Gasteiger partial charge is 0.123 e. The lowest BCUT2D eigenvalue weighted by Gasteiger charge is -2.26. The standard InChI is InChI=1S/C13H19FN2/c1-2-7-16-8-6-12(15)13(16)10-4-3-5-11(14)9-10/h3-5,9,12-13H,2,6-8,15H2,1H3. The van der Waals surface area contributed by atoms with E-state index < -0.39 is 0 Å². The van der Waals surface area contributed by atoms with Crippen LogP contribution < -0.4 is 5.73 Å². The first-order chi connectivity index (χ1) is 7.72. The second-order valence-electron chi connectivity index (χ2n) is 4.49. The highest BCUT2D eigenvalue weighted by atomic mass is 19.1. The quantitative estimate of drug-likeness (QED) is 0.850. The summed E-state index contributed by atoms with van der Waals surface area (Å²) in [5.74, 6) is -0.173. The van der Waals surface area contributed by atoms with Crippen molar-refractivity contribution in [1.82, 2.24) is 4.90 Å². The zero-order chi connectivity index (χ0) is 11.5. The zero-order valence-electron chi connectivity index (χ0n) is 9.70. The van der Waals surface area contributed by atoms with Crippen LogP contribution >= 0.6 is 0 Å². The molecule has 1 saturated heterocycles. The van der Waals surface area contributed by atoms with Crippen LogP contribution in [0.1, 0.15) is 31.4 Å². The van der Waals surface area contributed by atoms with Gasteiger partial charge in [0.2, 0.25) is 0 Å². The zero-order valence-corrected chi connectivity index (χ0v) is 9.70. The highest BCUT2D eigenvalue weighted by Gasteiger charge is 2.32. The van der Waals surface area contributed by atoms with Gasteiger partial charge in [0.15, 0.2) is 0 Å². The summed E-state index contributed by atoms with van der Waals surface area (Å²) in [6.45, 7) is 4.22. The summed E-state index contributed by atoms with van der Waals surface area (Å²) in [4.78, 5) is 2.36. The van der Waals surface area contributed by atoms with Crippen molar-refractivity contribution >= 4 is 0 Å². The Balaban J connectivity index is 2.22. The third-order valence-electron chi connectivity index (χ3n) is 3.25. The molecule has 1 aliphatic heterocycles. The molecule has 2 atom stereocenters. The first-order valence-corrected chi connectivity index (χ1v) is 5.97. The number of nitrogens with zero attached hydrogens (tertiary/aromatic N) is 1. The van der Waals surface area contributed by atoms with Gasteiger partial charge in [-0.25, -0.2) is 4.39 Å². The van der Waals surface area contributed by atoms with E-state index in [1.165, 1.54) is 6.07 Å². The van der Waals surface area contributed by atoms with E-state index in [-0.39, 0.29) is 17.9 Å². The first-order valence-electron chi connectivity index (χ1n) is 5.97. The van der Waals surface area contributed by atoms with Crippen LogP contribution in [-0.4, -0.2) is 24.0 Å². The Labute approximate surface area is 96.2 Å². The Kier molecular flexibility index (Phi) is 3.56. The molecule has 0 radical (unpaired) electrons. The molecule has 1 aromatic carbocycles. The van der Waals surface area contributed by atoms with E-state index in [0.29, 0.717) is 0 Å².